The van der Waals surface area contributed by atoms with E-state index in [-0.39, 0.29) is 6.10 Å². The third-order valence-electron chi connectivity index (χ3n) is 3.23. The summed E-state index contributed by atoms with van der Waals surface area (Å²) in [5.74, 6) is 1.05. The number of ether oxygens (including phenoxy) is 2. The number of pyridine rings is 1. The average Bonchev–Trinajstić information content (AvgIpc) is 2.41. The molecule has 2 atom stereocenters. The second-order valence-electron chi connectivity index (χ2n) is 4.52. The molecule has 2 unspecified atom stereocenters. The Bertz CT molecular complexity index is 403. The van der Waals surface area contributed by atoms with Gasteiger partial charge in [-0.2, -0.15) is 0 Å². The van der Waals surface area contributed by atoms with Crippen LogP contribution in [0.15, 0.2) is 16.7 Å². The zero-order chi connectivity index (χ0) is 13.0. The van der Waals surface area contributed by atoms with Gasteiger partial charge in [0.15, 0.2) is 0 Å². The van der Waals surface area contributed by atoms with Gasteiger partial charge in [0.2, 0.25) is 5.88 Å². The van der Waals surface area contributed by atoms with Crippen LogP contribution in [-0.2, 0) is 10.6 Å². The number of alkyl halides is 1. The standard InChI is InChI=1S/C13H17BrClNO2/c1-17-11-3-2-4-12(6-11)18-13-9(7-15)5-10(14)8-16-13/h5,8,11-12H,2-4,6-7H2,1H3. The maximum Gasteiger partial charge on any atom is 0.218 e. The summed E-state index contributed by atoms with van der Waals surface area (Å²) in [7, 11) is 1.76. The van der Waals surface area contributed by atoms with Crippen molar-refractivity contribution in [3.05, 3.63) is 22.3 Å². The molecule has 1 fully saturated rings. The lowest BCUT2D eigenvalue weighted by Crippen LogP contribution is -2.30. The Morgan fingerprint density at radius 1 is 1.44 bits per heavy atom. The van der Waals surface area contributed by atoms with Crippen LogP contribution in [0, 0.1) is 0 Å². The normalized spacial score (nSPS) is 23.9. The van der Waals surface area contributed by atoms with Gasteiger partial charge in [0.25, 0.3) is 0 Å². The highest BCUT2D eigenvalue weighted by Crippen LogP contribution is 2.28. The number of halogens is 2. The number of hydrogen-bond acceptors (Lipinski definition) is 3. The summed E-state index contributed by atoms with van der Waals surface area (Å²) in [5, 5.41) is 0. The molecule has 5 heteroatoms. The van der Waals surface area contributed by atoms with E-state index in [2.05, 4.69) is 20.9 Å². The minimum absolute atomic E-state index is 0.180. The molecular formula is C13H17BrClNO2. The van der Waals surface area contributed by atoms with Gasteiger partial charge in [0.1, 0.15) is 6.10 Å². The lowest BCUT2D eigenvalue weighted by atomic mass is 9.95. The summed E-state index contributed by atoms with van der Waals surface area (Å²) in [5.41, 5.74) is 0.922. The van der Waals surface area contributed by atoms with Crippen molar-refractivity contribution in [2.24, 2.45) is 0 Å². The lowest BCUT2D eigenvalue weighted by molar-refractivity contribution is 0.0192. The maximum atomic E-state index is 5.97. The molecule has 0 aliphatic heterocycles. The predicted molar refractivity (Wildman–Crippen MR) is 75.2 cm³/mol. The molecule has 1 saturated carbocycles. The smallest absolute Gasteiger partial charge is 0.218 e. The van der Waals surface area contributed by atoms with Crippen LogP contribution in [0.4, 0.5) is 0 Å². The Morgan fingerprint density at radius 3 is 2.94 bits per heavy atom. The van der Waals surface area contributed by atoms with Crippen LogP contribution in [0.1, 0.15) is 31.2 Å². The van der Waals surface area contributed by atoms with Gasteiger partial charge in [-0.3, -0.25) is 0 Å². The van der Waals surface area contributed by atoms with Gasteiger partial charge in [0, 0.05) is 29.8 Å². The molecule has 0 spiro atoms. The zero-order valence-electron chi connectivity index (χ0n) is 10.4. The molecule has 0 N–H and O–H groups in total. The van der Waals surface area contributed by atoms with Crippen LogP contribution in [0.3, 0.4) is 0 Å². The molecule has 2 rings (SSSR count). The monoisotopic (exact) mass is 333 g/mol. The van der Waals surface area contributed by atoms with Crippen molar-refractivity contribution in [2.45, 2.75) is 43.8 Å². The molecular weight excluding hydrogens is 318 g/mol. The van der Waals surface area contributed by atoms with Gasteiger partial charge in [-0.25, -0.2) is 4.98 Å². The minimum atomic E-state index is 0.180. The molecule has 1 heterocycles. The van der Waals surface area contributed by atoms with E-state index in [0.717, 1.165) is 35.7 Å². The Balaban J connectivity index is 2.04. The van der Waals surface area contributed by atoms with Crippen LogP contribution in [0.2, 0.25) is 0 Å². The molecule has 0 aromatic carbocycles. The van der Waals surface area contributed by atoms with Crippen molar-refractivity contribution >= 4 is 27.5 Å². The third-order valence-corrected chi connectivity index (χ3v) is 3.95. The Labute approximate surface area is 121 Å². The fourth-order valence-electron chi connectivity index (χ4n) is 2.25. The van der Waals surface area contributed by atoms with E-state index >= 15 is 0 Å². The Kier molecular flexibility index (Phi) is 5.27. The van der Waals surface area contributed by atoms with Crippen molar-refractivity contribution in [3.8, 4) is 5.88 Å². The summed E-state index contributed by atoms with van der Waals surface area (Å²) < 4.78 is 12.3. The van der Waals surface area contributed by atoms with Gasteiger partial charge >= 0.3 is 0 Å². The highest BCUT2D eigenvalue weighted by Gasteiger charge is 2.24. The molecule has 100 valence electrons. The predicted octanol–water partition coefficient (Wildman–Crippen LogP) is 3.92. The van der Waals surface area contributed by atoms with Crippen molar-refractivity contribution in [2.75, 3.05) is 7.11 Å². The van der Waals surface area contributed by atoms with Crippen LogP contribution >= 0.6 is 27.5 Å². The molecule has 0 radical (unpaired) electrons. The quantitative estimate of drug-likeness (QED) is 0.782. The summed E-state index contributed by atoms with van der Waals surface area (Å²) in [6.07, 6.45) is 6.46. The Morgan fingerprint density at radius 2 is 2.22 bits per heavy atom. The molecule has 1 aromatic heterocycles. The molecule has 0 saturated heterocycles. The number of hydrogen-bond donors (Lipinski definition) is 0. The fraction of sp³-hybridized carbons (Fsp3) is 0.615. The lowest BCUT2D eigenvalue weighted by Gasteiger charge is -2.28. The van der Waals surface area contributed by atoms with Crippen molar-refractivity contribution < 1.29 is 9.47 Å². The van der Waals surface area contributed by atoms with E-state index in [1.165, 1.54) is 0 Å². The second kappa shape index (κ2) is 6.73. The highest BCUT2D eigenvalue weighted by molar-refractivity contribution is 9.10. The second-order valence-corrected chi connectivity index (χ2v) is 5.70. The van der Waals surface area contributed by atoms with E-state index in [1.54, 1.807) is 13.3 Å². The Hall–Kier alpha value is -0.320. The summed E-state index contributed by atoms with van der Waals surface area (Å²) >= 11 is 9.30. The minimum Gasteiger partial charge on any atom is -0.474 e. The first-order valence-electron chi connectivity index (χ1n) is 6.12. The van der Waals surface area contributed by atoms with Gasteiger partial charge < -0.3 is 9.47 Å². The molecule has 1 aliphatic rings. The SMILES string of the molecule is COC1CCCC(Oc2ncc(Br)cc2CCl)C1. The van der Waals surface area contributed by atoms with E-state index < -0.39 is 0 Å². The molecule has 3 nitrogen and oxygen atoms in total. The largest absolute Gasteiger partial charge is 0.474 e. The van der Waals surface area contributed by atoms with E-state index in [0.29, 0.717) is 17.9 Å². The van der Waals surface area contributed by atoms with Gasteiger partial charge in [-0.15, -0.1) is 11.6 Å². The van der Waals surface area contributed by atoms with Crippen molar-refractivity contribution in [1.82, 2.24) is 4.98 Å². The molecule has 0 amide bonds. The van der Waals surface area contributed by atoms with Crippen molar-refractivity contribution in [1.29, 1.82) is 0 Å². The third kappa shape index (κ3) is 3.59. The van der Waals surface area contributed by atoms with Crippen LogP contribution in [0.5, 0.6) is 5.88 Å². The van der Waals surface area contributed by atoms with Crippen LogP contribution in [0.25, 0.3) is 0 Å². The molecule has 1 aromatic rings. The van der Waals surface area contributed by atoms with Crippen LogP contribution < -0.4 is 4.74 Å². The highest BCUT2D eigenvalue weighted by atomic mass is 79.9. The first-order valence-corrected chi connectivity index (χ1v) is 7.45. The number of rotatable bonds is 4. The molecule has 0 bridgehead atoms. The first kappa shape index (κ1) is 14.1. The van der Waals surface area contributed by atoms with Gasteiger partial charge in [-0.1, -0.05) is 0 Å². The summed E-state index contributed by atoms with van der Waals surface area (Å²) in [6, 6.07) is 1.95. The maximum absolute atomic E-state index is 5.97. The molecule has 18 heavy (non-hydrogen) atoms. The van der Waals surface area contributed by atoms with E-state index in [1.807, 2.05) is 6.07 Å². The average molecular weight is 335 g/mol. The fourth-order valence-corrected chi connectivity index (χ4v) is 2.82. The summed E-state index contributed by atoms with van der Waals surface area (Å²) in [6.45, 7) is 0. The van der Waals surface area contributed by atoms with Gasteiger partial charge in [0.05, 0.1) is 12.0 Å². The topological polar surface area (TPSA) is 31.4 Å². The van der Waals surface area contributed by atoms with E-state index in [9.17, 15) is 0 Å². The number of aromatic nitrogens is 1. The molecule has 1 aliphatic carbocycles. The van der Waals surface area contributed by atoms with E-state index in [4.69, 9.17) is 21.1 Å². The number of nitrogens with zero attached hydrogens (tertiary/aromatic N) is 1. The summed E-state index contributed by atoms with van der Waals surface area (Å²) in [4.78, 5) is 4.30. The zero-order valence-corrected chi connectivity index (χ0v) is 12.7. The number of methoxy groups -OCH3 is 1. The van der Waals surface area contributed by atoms with Crippen LogP contribution in [-0.4, -0.2) is 24.3 Å². The first-order chi connectivity index (χ1) is 8.72. The van der Waals surface area contributed by atoms with Crippen molar-refractivity contribution in [3.63, 3.8) is 0 Å². The van der Waals surface area contributed by atoms with Gasteiger partial charge in [-0.05, 0) is 41.3 Å².